The van der Waals surface area contributed by atoms with E-state index in [4.69, 9.17) is 9.72 Å². The van der Waals surface area contributed by atoms with Gasteiger partial charge in [-0.3, -0.25) is 14.6 Å². The lowest BCUT2D eigenvalue weighted by atomic mass is 9.89. The molecule has 2 heterocycles. The molecule has 1 aliphatic heterocycles. The van der Waals surface area contributed by atoms with Gasteiger partial charge in [-0.25, -0.2) is 0 Å². The summed E-state index contributed by atoms with van der Waals surface area (Å²) < 4.78 is 5.67. The quantitative estimate of drug-likeness (QED) is 0.460. The molecule has 1 saturated heterocycles. The Hall–Kier alpha value is -3.33. The first-order valence-corrected chi connectivity index (χ1v) is 12.3. The van der Waals surface area contributed by atoms with Crippen LogP contribution in [0.5, 0.6) is 5.75 Å². The summed E-state index contributed by atoms with van der Waals surface area (Å²) in [6.07, 6.45) is 4.40. The molecule has 34 heavy (non-hydrogen) atoms. The van der Waals surface area contributed by atoms with Crippen LogP contribution in [0.15, 0.2) is 36.4 Å². The van der Waals surface area contributed by atoms with Crippen LogP contribution in [0.2, 0.25) is 0 Å². The zero-order chi connectivity index (χ0) is 24.3. The van der Waals surface area contributed by atoms with Crippen molar-refractivity contribution >= 4 is 11.8 Å². The Kier molecular flexibility index (Phi) is 9.51. The number of carbonyl (C=O) groups is 2. The number of hydrogen-bond acceptors (Lipinski definition) is 4. The first-order chi connectivity index (χ1) is 16.5. The molecule has 0 aliphatic carbocycles. The van der Waals surface area contributed by atoms with Crippen molar-refractivity contribution in [2.45, 2.75) is 65.3 Å². The highest BCUT2D eigenvalue weighted by atomic mass is 16.5. The van der Waals surface area contributed by atoms with Gasteiger partial charge in [-0.2, -0.15) is 0 Å². The Morgan fingerprint density at radius 1 is 1.15 bits per heavy atom. The summed E-state index contributed by atoms with van der Waals surface area (Å²) in [5.74, 6) is 6.42. The molecule has 0 saturated carbocycles. The van der Waals surface area contributed by atoms with E-state index in [0.717, 1.165) is 54.8 Å². The molecule has 2 amide bonds. The molecule has 0 bridgehead atoms. The second kappa shape index (κ2) is 12.8. The van der Waals surface area contributed by atoms with Gasteiger partial charge in [0.1, 0.15) is 5.75 Å². The van der Waals surface area contributed by atoms with E-state index >= 15 is 0 Å². The van der Waals surface area contributed by atoms with Gasteiger partial charge in [0.15, 0.2) is 0 Å². The first kappa shape index (κ1) is 25.3. The number of piperidine rings is 1. The molecule has 1 aromatic heterocycles. The topological polar surface area (TPSA) is 71.5 Å². The van der Waals surface area contributed by atoms with Crippen molar-refractivity contribution in [3.05, 3.63) is 58.9 Å². The number of rotatable bonds is 8. The summed E-state index contributed by atoms with van der Waals surface area (Å²) in [5, 5.41) is 3.03. The molecule has 1 aliphatic rings. The van der Waals surface area contributed by atoms with E-state index in [-0.39, 0.29) is 17.7 Å². The number of likely N-dealkylation sites (tertiary alicyclic amines) is 1. The molecule has 0 spiro atoms. The molecule has 0 unspecified atom stereocenters. The van der Waals surface area contributed by atoms with Crippen molar-refractivity contribution in [3.8, 4) is 17.6 Å². The highest BCUT2D eigenvalue weighted by Gasteiger charge is 2.27. The van der Waals surface area contributed by atoms with E-state index in [1.165, 1.54) is 0 Å². The fourth-order valence-electron chi connectivity index (χ4n) is 4.14. The molecule has 180 valence electrons. The number of unbranched alkanes of at least 4 members (excludes halogenated alkanes) is 2. The van der Waals surface area contributed by atoms with Crippen LogP contribution in [0, 0.1) is 18.8 Å². The second-order valence-corrected chi connectivity index (χ2v) is 8.58. The summed E-state index contributed by atoms with van der Waals surface area (Å²) in [6, 6.07) is 11.5. The number of carbonyl (C=O) groups excluding carboxylic acids is 2. The molecule has 6 nitrogen and oxygen atoms in total. The lowest BCUT2D eigenvalue weighted by Gasteiger charge is -2.31. The molecule has 1 N–H and O–H groups in total. The fourth-order valence-corrected chi connectivity index (χ4v) is 4.14. The van der Waals surface area contributed by atoms with Gasteiger partial charge in [-0.05, 0) is 57.2 Å². The van der Waals surface area contributed by atoms with Gasteiger partial charge < -0.3 is 15.0 Å². The van der Waals surface area contributed by atoms with Gasteiger partial charge in [0, 0.05) is 43.2 Å². The molecular formula is C28H35N3O3. The third kappa shape index (κ3) is 6.84. The highest BCUT2D eigenvalue weighted by Crippen LogP contribution is 2.29. The van der Waals surface area contributed by atoms with Crippen LogP contribution in [-0.4, -0.2) is 41.4 Å². The average molecular weight is 462 g/mol. The Morgan fingerprint density at radius 2 is 1.91 bits per heavy atom. The van der Waals surface area contributed by atoms with Crippen LogP contribution in [0.25, 0.3) is 0 Å². The van der Waals surface area contributed by atoms with E-state index in [0.29, 0.717) is 31.8 Å². The van der Waals surface area contributed by atoms with Crippen molar-refractivity contribution in [2.75, 3.05) is 19.7 Å². The van der Waals surface area contributed by atoms with E-state index in [1.807, 2.05) is 55.1 Å². The zero-order valence-electron chi connectivity index (χ0n) is 20.5. The van der Waals surface area contributed by atoms with Crippen LogP contribution in [0.1, 0.15) is 79.2 Å². The molecule has 2 aromatic rings. The Balaban J connectivity index is 1.65. The van der Waals surface area contributed by atoms with Crippen LogP contribution >= 0.6 is 0 Å². The minimum Gasteiger partial charge on any atom is -0.494 e. The number of ether oxygens (including phenoxy) is 1. The van der Waals surface area contributed by atoms with E-state index in [9.17, 15) is 9.59 Å². The number of hydrogen-bond donors (Lipinski definition) is 1. The van der Waals surface area contributed by atoms with E-state index in [1.54, 1.807) is 0 Å². The minimum atomic E-state index is -0.144. The van der Waals surface area contributed by atoms with Gasteiger partial charge >= 0.3 is 0 Å². The van der Waals surface area contributed by atoms with E-state index < -0.39 is 0 Å². The van der Waals surface area contributed by atoms with Crippen molar-refractivity contribution in [3.63, 3.8) is 0 Å². The van der Waals surface area contributed by atoms with Crippen LogP contribution < -0.4 is 10.1 Å². The normalized spacial score (nSPS) is 13.7. The Bertz CT molecular complexity index is 1050. The third-order valence-corrected chi connectivity index (χ3v) is 6.04. The molecular weight excluding hydrogens is 426 g/mol. The van der Waals surface area contributed by atoms with Crippen molar-refractivity contribution in [2.24, 2.45) is 0 Å². The number of para-hydroxylation sites is 1. The summed E-state index contributed by atoms with van der Waals surface area (Å²) >= 11 is 0. The summed E-state index contributed by atoms with van der Waals surface area (Å²) in [4.78, 5) is 32.1. The smallest absolute Gasteiger partial charge is 0.298 e. The Morgan fingerprint density at radius 3 is 2.65 bits per heavy atom. The van der Waals surface area contributed by atoms with Gasteiger partial charge in [0.25, 0.3) is 11.8 Å². The average Bonchev–Trinajstić information content (AvgIpc) is 2.86. The number of aromatic nitrogens is 1. The maximum absolute atomic E-state index is 13.1. The monoisotopic (exact) mass is 461 g/mol. The SMILES string of the molecule is CCCCC#CC(=O)N1CCC(c2nc(C)ccc2C(=O)NCc2ccccc2OCC)CC1. The van der Waals surface area contributed by atoms with Gasteiger partial charge in [-0.15, -0.1) is 0 Å². The molecule has 1 aromatic carbocycles. The maximum atomic E-state index is 13.1. The van der Waals surface area contributed by atoms with Crippen molar-refractivity contribution in [1.29, 1.82) is 0 Å². The molecule has 0 atom stereocenters. The molecule has 1 fully saturated rings. The molecule has 6 heteroatoms. The van der Waals surface area contributed by atoms with Gasteiger partial charge in [-0.1, -0.05) is 37.5 Å². The number of nitrogens with one attached hydrogen (secondary N) is 1. The number of aryl methyl sites for hydroxylation is 1. The number of amides is 2. The standard InChI is InChI=1S/C28H35N3O3/c1-4-6-7-8-13-26(32)31-18-16-22(17-19-31)27-24(15-14-21(3)30-27)28(33)29-20-23-11-9-10-12-25(23)34-5-2/h9-12,14-15,22H,4-7,16-20H2,1-3H3,(H,29,33). The summed E-state index contributed by atoms with van der Waals surface area (Å²) in [7, 11) is 0. The Labute approximate surface area is 203 Å². The largest absolute Gasteiger partial charge is 0.494 e. The van der Waals surface area contributed by atoms with Gasteiger partial charge in [0.2, 0.25) is 0 Å². The number of benzene rings is 1. The number of pyridine rings is 1. The third-order valence-electron chi connectivity index (χ3n) is 6.04. The van der Waals surface area contributed by atoms with Crippen LogP contribution in [-0.2, 0) is 11.3 Å². The second-order valence-electron chi connectivity index (χ2n) is 8.58. The van der Waals surface area contributed by atoms with Crippen LogP contribution in [0.3, 0.4) is 0 Å². The minimum absolute atomic E-state index is 0.0994. The summed E-state index contributed by atoms with van der Waals surface area (Å²) in [5.41, 5.74) is 3.24. The highest BCUT2D eigenvalue weighted by molar-refractivity contribution is 5.95. The lowest BCUT2D eigenvalue weighted by Crippen LogP contribution is -2.38. The van der Waals surface area contributed by atoms with Crippen molar-refractivity contribution in [1.82, 2.24) is 15.2 Å². The van der Waals surface area contributed by atoms with Crippen molar-refractivity contribution < 1.29 is 14.3 Å². The lowest BCUT2D eigenvalue weighted by molar-refractivity contribution is -0.126. The predicted octanol–water partition coefficient (Wildman–Crippen LogP) is 4.62. The molecule has 0 radical (unpaired) electrons. The fraction of sp³-hybridized carbons (Fsp3) is 0.464. The van der Waals surface area contributed by atoms with E-state index in [2.05, 4.69) is 24.1 Å². The predicted molar refractivity (Wildman–Crippen MR) is 134 cm³/mol. The maximum Gasteiger partial charge on any atom is 0.298 e. The van der Waals surface area contributed by atoms with Crippen LogP contribution in [0.4, 0.5) is 0 Å². The number of nitrogens with zero attached hydrogens (tertiary/aromatic N) is 2. The first-order valence-electron chi connectivity index (χ1n) is 12.3. The zero-order valence-corrected chi connectivity index (χ0v) is 20.5. The molecule has 3 rings (SSSR count). The summed E-state index contributed by atoms with van der Waals surface area (Å²) in [6.45, 7) is 8.21. The van der Waals surface area contributed by atoms with Gasteiger partial charge in [0.05, 0.1) is 17.9 Å².